The van der Waals surface area contributed by atoms with Crippen molar-refractivity contribution in [1.29, 1.82) is 0 Å². The lowest BCUT2D eigenvalue weighted by molar-refractivity contribution is -0.115. The van der Waals surface area contributed by atoms with E-state index in [4.69, 9.17) is 9.72 Å². The Labute approximate surface area is 188 Å². The van der Waals surface area contributed by atoms with E-state index in [9.17, 15) is 9.59 Å². The summed E-state index contributed by atoms with van der Waals surface area (Å²) in [6.45, 7) is 7.10. The summed E-state index contributed by atoms with van der Waals surface area (Å²) in [6, 6.07) is 5.57. The molecule has 3 amide bonds. The average molecular weight is 454 g/mol. The summed E-state index contributed by atoms with van der Waals surface area (Å²) in [5.41, 5.74) is 2.24. The van der Waals surface area contributed by atoms with Crippen LogP contribution in [0.2, 0.25) is 0 Å². The van der Waals surface area contributed by atoms with Crippen LogP contribution in [0.15, 0.2) is 30.1 Å². The fourth-order valence-corrected chi connectivity index (χ4v) is 4.54. The van der Waals surface area contributed by atoms with Crippen molar-refractivity contribution in [3.8, 4) is 10.6 Å². The van der Waals surface area contributed by atoms with E-state index in [1.165, 1.54) is 4.88 Å². The number of ether oxygens (including phenoxy) is 1. The van der Waals surface area contributed by atoms with Gasteiger partial charge in [0.05, 0.1) is 30.0 Å². The topological polar surface area (TPSA) is 113 Å². The van der Waals surface area contributed by atoms with Gasteiger partial charge in [0.1, 0.15) is 11.5 Å². The van der Waals surface area contributed by atoms with Crippen molar-refractivity contribution in [2.45, 2.75) is 6.92 Å². The van der Waals surface area contributed by atoms with Crippen LogP contribution in [0.3, 0.4) is 0 Å². The molecule has 3 aromatic heterocycles. The predicted molar refractivity (Wildman–Crippen MR) is 121 cm³/mol. The molecule has 5 heterocycles. The molecule has 11 heteroatoms. The third-order valence-electron chi connectivity index (χ3n) is 5.35. The molecule has 2 saturated heterocycles. The van der Waals surface area contributed by atoms with Crippen LogP contribution in [0.25, 0.3) is 22.3 Å². The van der Waals surface area contributed by atoms with Crippen molar-refractivity contribution in [2.75, 3.05) is 44.7 Å². The standard InChI is InChI=1S/C21H23N7O3S/c1-13-2-3-17(32-13)15-11-18(22-4-5-27-6-8-31-9-7-27)28-19(24-15)14(12-23-28)10-16-20(29)26-21(30)25-16/h2-3,10-12,22H,4-9H2,1H3,(H2,25,26,29,30)/b16-10-. The van der Waals surface area contributed by atoms with Crippen LogP contribution in [0.4, 0.5) is 10.6 Å². The molecule has 0 spiro atoms. The van der Waals surface area contributed by atoms with Gasteiger partial charge < -0.3 is 15.4 Å². The molecule has 0 unspecified atom stereocenters. The highest BCUT2D eigenvalue weighted by atomic mass is 32.1. The van der Waals surface area contributed by atoms with Gasteiger partial charge in [-0.15, -0.1) is 11.3 Å². The Hall–Kier alpha value is -3.28. The molecule has 3 N–H and O–H groups in total. The number of rotatable bonds is 6. The van der Waals surface area contributed by atoms with Gasteiger partial charge in [-0.1, -0.05) is 0 Å². The van der Waals surface area contributed by atoms with Crippen molar-refractivity contribution in [3.05, 3.63) is 40.5 Å². The molecule has 166 valence electrons. The summed E-state index contributed by atoms with van der Waals surface area (Å²) in [4.78, 5) is 32.8. The molecule has 2 aliphatic rings. The Morgan fingerprint density at radius 3 is 2.81 bits per heavy atom. The first kappa shape index (κ1) is 20.6. The lowest BCUT2D eigenvalue weighted by Gasteiger charge is -2.26. The molecule has 2 aliphatic heterocycles. The van der Waals surface area contributed by atoms with Gasteiger partial charge in [0.25, 0.3) is 5.91 Å². The fraction of sp³-hybridized carbons (Fsp3) is 0.333. The summed E-state index contributed by atoms with van der Waals surface area (Å²) in [5, 5.41) is 12.7. The number of nitrogens with one attached hydrogen (secondary N) is 3. The van der Waals surface area contributed by atoms with E-state index in [1.54, 1.807) is 28.1 Å². The van der Waals surface area contributed by atoms with Gasteiger partial charge in [-0.3, -0.25) is 15.0 Å². The number of thiophene rings is 1. The van der Waals surface area contributed by atoms with E-state index in [0.717, 1.165) is 55.8 Å². The smallest absolute Gasteiger partial charge is 0.326 e. The number of hydrogen-bond donors (Lipinski definition) is 3. The summed E-state index contributed by atoms with van der Waals surface area (Å²) < 4.78 is 7.14. The number of carbonyl (C=O) groups is 2. The van der Waals surface area contributed by atoms with Crippen molar-refractivity contribution in [3.63, 3.8) is 0 Å². The highest BCUT2D eigenvalue weighted by Gasteiger charge is 2.24. The van der Waals surface area contributed by atoms with E-state index in [2.05, 4.69) is 45.0 Å². The molecule has 10 nitrogen and oxygen atoms in total. The Balaban J connectivity index is 1.48. The number of carbonyl (C=O) groups excluding carboxylic acids is 2. The normalized spacial score (nSPS) is 18.3. The molecule has 0 saturated carbocycles. The first-order valence-corrected chi connectivity index (χ1v) is 11.2. The van der Waals surface area contributed by atoms with Crippen LogP contribution < -0.4 is 16.0 Å². The number of aromatic nitrogens is 3. The number of imide groups is 1. The maximum atomic E-state index is 12.0. The summed E-state index contributed by atoms with van der Waals surface area (Å²) in [7, 11) is 0. The maximum absolute atomic E-state index is 12.0. The minimum Gasteiger partial charge on any atom is -0.379 e. The zero-order valence-corrected chi connectivity index (χ0v) is 18.4. The molecular weight excluding hydrogens is 430 g/mol. The van der Waals surface area contributed by atoms with Crippen LogP contribution in [0.5, 0.6) is 0 Å². The zero-order valence-electron chi connectivity index (χ0n) is 17.6. The maximum Gasteiger partial charge on any atom is 0.326 e. The van der Waals surface area contributed by atoms with Crippen molar-refractivity contribution >= 4 is 40.8 Å². The number of nitrogens with zero attached hydrogens (tertiary/aromatic N) is 4. The first-order chi connectivity index (χ1) is 15.6. The quantitative estimate of drug-likeness (QED) is 0.385. The van der Waals surface area contributed by atoms with E-state index in [-0.39, 0.29) is 5.70 Å². The van der Waals surface area contributed by atoms with E-state index >= 15 is 0 Å². The molecular formula is C21H23N7O3S. The Morgan fingerprint density at radius 1 is 1.25 bits per heavy atom. The fourth-order valence-electron chi connectivity index (χ4n) is 3.71. The van der Waals surface area contributed by atoms with Gasteiger partial charge in [0, 0.05) is 42.7 Å². The van der Waals surface area contributed by atoms with Crippen LogP contribution in [-0.4, -0.2) is 70.8 Å². The largest absolute Gasteiger partial charge is 0.379 e. The molecule has 3 aromatic rings. The number of morpholine rings is 1. The second-order valence-electron chi connectivity index (χ2n) is 7.62. The third-order valence-corrected chi connectivity index (χ3v) is 6.37. The van der Waals surface area contributed by atoms with E-state index in [0.29, 0.717) is 11.2 Å². The monoisotopic (exact) mass is 453 g/mol. The van der Waals surface area contributed by atoms with Crippen molar-refractivity contribution in [2.24, 2.45) is 0 Å². The van der Waals surface area contributed by atoms with Gasteiger partial charge in [-0.05, 0) is 25.1 Å². The second-order valence-corrected chi connectivity index (χ2v) is 8.91. The minimum atomic E-state index is -0.536. The van der Waals surface area contributed by atoms with Crippen molar-refractivity contribution in [1.82, 2.24) is 30.1 Å². The molecule has 5 rings (SSSR count). The van der Waals surface area contributed by atoms with Crippen LogP contribution in [0.1, 0.15) is 10.4 Å². The average Bonchev–Trinajstić information content (AvgIpc) is 3.48. The number of hydrogen-bond acceptors (Lipinski definition) is 8. The number of fused-ring (bicyclic) bond motifs is 1. The third kappa shape index (κ3) is 4.22. The number of aryl methyl sites for hydroxylation is 1. The Kier molecular flexibility index (Phi) is 5.60. The number of urea groups is 1. The predicted octanol–water partition coefficient (Wildman–Crippen LogP) is 1.69. The minimum absolute atomic E-state index is 0.172. The van der Waals surface area contributed by atoms with E-state index in [1.807, 2.05) is 6.07 Å². The second kappa shape index (κ2) is 8.69. The summed E-state index contributed by atoms with van der Waals surface area (Å²) in [5.74, 6) is 0.345. The first-order valence-electron chi connectivity index (χ1n) is 10.4. The number of anilines is 1. The van der Waals surface area contributed by atoms with Gasteiger partial charge in [0.15, 0.2) is 5.65 Å². The molecule has 32 heavy (non-hydrogen) atoms. The van der Waals surface area contributed by atoms with E-state index < -0.39 is 11.9 Å². The molecule has 2 fully saturated rings. The Morgan fingerprint density at radius 2 is 2.09 bits per heavy atom. The number of amides is 3. The Bertz CT molecular complexity index is 1210. The summed E-state index contributed by atoms with van der Waals surface area (Å²) in [6.07, 6.45) is 3.24. The van der Waals surface area contributed by atoms with Crippen LogP contribution >= 0.6 is 11.3 Å². The van der Waals surface area contributed by atoms with Crippen LogP contribution in [0, 0.1) is 6.92 Å². The van der Waals surface area contributed by atoms with Gasteiger partial charge in [-0.2, -0.15) is 9.61 Å². The van der Waals surface area contributed by atoms with Gasteiger partial charge >= 0.3 is 6.03 Å². The lowest BCUT2D eigenvalue weighted by Crippen LogP contribution is -2.39. The van der Waals surface area contributed by atoms with Gasteiger partial charge in [0.2, 0.25) is 0 Å². The molecule has 0 bridgehead atoms. The molecule has 0 aromatic carbocycles. The van der Waals surface area contributed by atoms with Crippen molar-refractivity contribution < 1.29 is 14.3 Å². The summed E-state index contributed by atoms with van der Waals surface area (Å²) >= 11 is 1.67. The van der Waals surface area contributed by atoms with Crippen LogP contribution in [-0.2, 0) is 9.53 Å². The lowest BCUT2D eigenvalue weighted by atomic mass is 10.2. The molecule has 0 aliphatic carbocycles. The molecule has 0 radical (unpaired) electrons. The van der Waals surface area contributed by atoms with Gasteiger partial charge in [-0.25, -0.2) is 9.78 Å². The highest BCUT2D eigenvalue weighted by Crippen LogP contribution is 2.29. The SMILES string of the molecule is Cc1ccc(-c2cc(NCCN3CCOCC3)n3ncc(/C=C4\NC(=O)NC4=O)c3n2)s1. The zero-order chi connectivity index (χ0) is 22.1. The highest BCUT2D eigenvalue weighted by molar-refractivity contribution is 7.15. The molecule has 0 atom stereocenters.